The first-order valence-corrected chi connectivity index (χ1v) is 26.4. The van der Waals surface area contributed by atoms with Gasteiger partial charge in [-0.05, 0) is 60.4 Å². The highest BCUT2D eigenvalue weighted by Gasteiger charge is 2.36. The van der Waals surface area contributed by atoms with E-state index in [-0.39, 0.29) is 67.6 Å². The van der Waals surface area contributed by atoms with Gasteiger partial charge in [-0.2, -0.15) is 0 Å². The molecular formula is C56H75N11O14. The van der Waals surface area contributed by atoms with E-state index in [9.17, 15) is 63.3 Å². The number of carboxylic acids is 1. The quantitative estimate of drug-likeness (QED) is 0.0265. The van der Waals surface area contributed by atoms with Crippen LogP contribution in [-0.4, -0.2) is 157 Å². The molecule has 1 aromatic heterocycles. The number of hydrogen-bond acceptors (Lipinski definition) is 15. The summed E-state index contributed by atoms with van der Waals surface area (Å²) in [5.41, 5.74) is 7.95. The molecule has 0 radical (unpaired) electrons. The van der Waals surface area contributed by atoms with Crippen molar-refractivity contribution in [3.8, 4) is 5.75 Å². The molecule has 0 unspecified atom stereocenters. The summed E-state index contributed by atoms with van der Waals surface area (Å²) in [6.07, 6.45) is 1.50. The summed E-state index contributed by atoms with van der Waals surface area (Å²) >= 11 is 0. The number of hydrogen-bond donors (Lipinski definition) is 14. The first kappa shape index (κ1) is 65.0. The van der Waals surface area contributed by atoms with E-state index in [0.717, 1.165) is 0 Å². The summed E-state index contributed by atoms with van der Waals surface area (Å²) in [7, 11) is 0. The molecule has 0 bridgehead atoms. The van der Waals surface area contributed by atoms with Crippen molar-refractivity contribution in [2.45, 2.75) is 134 Å². The number of phenols is 1. The van der Waals surface area contributed by atoms with Crippen LogP contribution in [0.2, 0.25) is 0 Å². The van der Waals surface area contributed by atoms with E-state index in [2.05, 4.69) is 52.5 Å². The van der Waals surface area contributed by atoms with Crippen LogP contribution in [0.1, 0.15) is 76.3 Å². The third-order valence-corrected chi connectivity index (χ3v) is 12.8. The fourth-order valence-electron chi connectivity index (χ4n) is 8.42. The summed E-state index contributed by atoms with van der Waals surface area (Å²) in [5.74, 6) is -9.49. The maximum absolute atomic E-state index is 14.4. The molecule has 0 spiro atoms. The predicted molar refractivity (Wildman–Crippen MR) is 294 cm³/mol. The van der Waals surface area contributed by atoms with Gasteiger partial charge in [0.05, 0.1) is 37.3 Å². The van der Waals surface area contributed by atoms with Gasteiger partial charge in [0, 0.05) is 38.3 Å². The highest BCUT2D eigenvalue weighted by atomic mass is 16.4. The Morgan fingerprint density at radius 3 is 1.30 bits per heavy atom. The van der Waals surface area contributed by atoms with Crippen LogP contribution in [-0.2, 0) is 73.6 Å². The summed E-state index contributed by atoms with van der Waals surface area (Å²) in [6, 6.07) is 10.4. The molecule has 3 aromatic carbocycles. The molecule has 4 rings (SSSR count). The van der Waals surface area contributed by atoms with Gasteiger partial charge in [0.2, 0.25) is 47.3 Å². The number of Topliss-reactive ketones (excluding diaryl/α,β-unsaturated/α-hetero) is 1. The number of H-pyrrole nitrogens is 1. The molecule has 4 aromatic rings. The maximum Gasteiger partial charge on any atom is 0.303 e. The van der Waals surface area contributed by atoms with Crippen LogP contribution in [0.25, 0.3) is 0 Å². The fourth-order valence-corrected chi connectivity index (χ4v) is 8.42. The number of imidazole rings is 1. The van der Waals surface area contributed by atoms with E-state index in [1.165, 1.54) is 43.7 Å². The number of aliphatic carboxylic acids is 1. The maximum atomic E-state index is 14.4. The molecule has 0 aliphatic rings. The lowest BCUT2D eigenvalue weighted by atomic mass is 9.98. The number of phenolic OH excluding ortho intramolecular Hbond substituents is 1. The molecule has 8 amide bonds. The zero-order chi connectivity index (χ0) is 59.8. The predicted octanol–water partition coefficient (Wildman–Crippen LogP) is -1.27. The number of rotatable bonds is 33. The number of amides is 8. The first-order valence-electron chi connectivity index (χ1n) is 26.4. The van der Waals surface area contributed by atoms with E-state index >= 15 is 0 Å². The Labute approximate surface area is 468 Å². The normalized spacial score (nSPS) is 14.5. The highest BCUT2D eigenvalue weighted by molar-refractivity contribution is 5.98. The van der Waals surface area contributed by atoms with E-state index in [1.807, 2.05) is 0 Å². The minimum absolute atomic E-state index is 0.00927. The van der Waals surface area contributed by atoms with Gasteiger partial charge in [0.15, 0.2) is 5.78 Å². The number of ketones is 1. The van der Waals surface area contributed by atoms with Crippen molar-refractivity contribution >= 4 is 59.0 Å². The zero-order valence-electron chi connectivity index (χ0n) is 45.8. The number of nitrogens with one attached hydrogen (secondary N) is 9. The van der Waals surface area contributed by atoms with Crippen LogP contribution in [0.4, 0.5) is 0 Å². The van der Waals surface area contributed by atoms with Crippen molar-refractivity contribution in [3.63, 3.8) is 0 Å². The van der Waals surface area contributed by atoms with E-state index in [0.29, 0.717) is 16.7 Å². The molecule has 81 heavy (non-hydrogen) atoms. The standard InChI is InChI=1S/C56H75N11O14/c1-31(2)22-40(61-51(76)41(25-36-16-18-38(71)19-17-36)60-49(74)39(57)20-21-47(72)73)50(75)65-46(29-69)56(81)66-45(28-68)55(80)64-44(26-37-27-58-30-59-37)53(78)62-42(23-34-12-8-6-9-13-34)52(77)63-43(24-35-14-10-7-11-15-35)54(79)67-48(32(3)4)33(5)70/h6-19,27,30-32,39-46,48,68-69,71H,20-26,28-29,57H2,1-5H3,(H,58,59)(H,60,74)(H,61,76)(H,62,78)(H,63,77)(H,64,80)(H,65,75)(H,66,81)(H,67,79)(H,72,73)/t39-,40-,41-,42-,43-,44-,45-,46-,48-/m0/s1. The molecule has 0 fully saturated rings. The summed E-state index contributed by atoms with van der Waals surface area (Å²) in [4.78, 5) is 142. The lowest BCUT2D eigenvalue weighted by Gasteiger charge is -2.28. The van der Waals surface area contributed by atoms with Crippen LogP contribution in [0, 0.1) is 11.8 Å². The average Bonchev–Trinajstić information content (AvgIpc) is 3.95. The molecule has 0 aliphatic carbocycles. The van der Waals surface area contributed by atoms with E-state index < -0.39 is 127 Å². The second kappa shape index (κ2) is 32.5. The van der Waals surface area contributed by atoms with Crippen molar-refractivity contribution in [3.05, 3.63) is 120 Å². The van der Waals surface area contributed by atoms with Gasteiger partial charge >= 0.3 is 5.97 Å². The van der Waals surface area contributed by atoms with E-state index in [1.54, 1.807) is 88.4 Å². The number of aliphatic hydroxyl groups excluding tert-OH is 2. The number of aromatic nitrogens is 2. The number of aromatic hydroxyl groups is 1. The molecule has 1 heterocycles. The Kier molecular flexibility index (Phi) is 26.1. The van der Waals surface area contributed by atoms with Gasteiger partial charge < -0.3 is 73.7 Å². The summed E-state index contributed by atoms with van der Waals surface area (Å²) < 4.78 is 0. The van der Waals surface area contributed by atoms with Crippen molar-refractivity contribution in [1.82, 2.24) is 52.5 Å². The van der Waals surface area contributed by atoms with Gasteiger partial charge in [-0.1, -0.05) is 100 Å². The third kappa shape index (κ3) is 21.9. The van der Waals surface area contributed by atoms with Gasteiger partial charge in [-0.15, -0.1) is 0 Å². The van der Waals surface area contributed by atoms with Crippen LogP contribution in [0.3, 0.4) is 0 Å². The molecule has 9 atom stereocenters. The molecule has 0 saturated carbocycles. The van der Waals surface area contributed by atoms with Crippen molar-refractivity contribution in [1.29, 1.82) is 0 Å². The second-order valence-electron chi connectivity index (χ2n) is 20.3. The molecule has 0 aliphatic heterocycles. The summed E-state index contributed by atoms with van der Waals surface area (Å²) in [6.45, 7) is 6.22. The first-order chi connectivity index (χ1) is 38.5. The number of carbonyl (C=O) groups is 10. The van der Waals surface area contributed by atoms with Crippen LogP contribution >= 0.6 is 0 Å². The Balaban J connectivity index is 1.54. The lowest BCUT2D eigenvalue weighted by Crippen LogP contribution is -2.62. The molecule has 25 nitrogen and oxygen atoms in total. The number of benzene rings is 3. The Morgan fingerprint density at radius 1 is 0.519 bits per heavy atom. The van der Waals surface area contributed by atoms with Crippen molar-refractivity contribution in [2.24, 2.45) is 17.6 Å². The number of aromatic amines is 1. The lowest BCUT2D eigenvalue weighted by molar-refractivity contribution is -0.137. The molecule has 25 heteroatoms. The summed E-state index contributed by atoms with van der Waals surface area (Å²) in [5, 5.41) is 60.1. The number of nitrogens with two attached hydrogens (primary N) is 1. The zero-order valence-corrected chi connectivity index (χ0v) is 45.8. The van der Waals surface area contributed by atoms with Crippen LogP contribution in [0.15, 0.2) is 97.5 Å². The van der Waals surface area contributed by atoms with Gasteiger partial charge in [0.25, 0.3) is 0 Å². The number of aliphatic hydroxyl groups is 2. The van der Waals surface area contributed by atoms with Crippen LogP contribution < -0.4 is 48.3 Å². The Hall–Kier alpha value is -8.55. The number of carbonyl (C=O) groups excluding carboxylic acids is 9. The molecule has 438 valence electrons. The number of carboxylic acid groups (broad SMARTS) is 1. The molecule has 0 saturated heterocycles. The van der Waals surface area contributed by atoms with Crippen molar-refractivity contribution < 1.29 is 68.4 Å². The van der Waals surface area contributed by atoms with Crippen molar-refractivity contribution in [2.75, 3.05) is 13.2 Å². The third-order valence-electron chi connectivity index (χ3n) is 12.8. The largest absolute Gasteiger partial charge is 0.508 e. The SMILES string of the molecule is CC(=O)[C@@H](NC(=O)[C@H](Cc1ccccc1)NC(=O)[C@H](Cc1ccccc1)NC(=O)[C@H](Cc1c[nH]cn1)NC(=O)[C@H](CO)NC(=O)[C@H](CO)NC(=O)[C@H](CC(C)C)NC(=O)[C@H](Cc1ccc(O)cc1)NC(=O)[C@@H](N)CCC(=O)O)C(C)C. The monoisotopic (exact) mass is 1130 g/mol. The van der Waals surface area contributed by atoms with Gasteiger partial charge in [-0.3, -0.25) is 47.9 Å². The average molecular weight is 1130 g/mol. The number of nitrogens with zero attached hydrogens (tertiary/aromatic N) is 1. The van der Waals surface area contributed by atoms with Crippen LogP contribution in [0.5, 0.6) is 5.75 Å². The second-order valence-corrected chi connectivity index (χ2v) is 20.3. The van der Waals surface area contributed by atoms with E-state index in [4.69, 9.17) is 10.8 Å². The highest BCUT2D eigenvalue weighted by Crippen LogP contribution is 2.15. The minimum Gasteiger partial charge on any atom is -0.508 e. The van der Waals surface area contributed by atoms with Gasteiger partial charge in [-0.25, -0.2) is 4.98 Å². The fraction of sp³-hybridized carbons (Fsp3) is 0.446. The molecule has 15 N–H and O–H groups in total. The molecular weight excluding hydrogens is 1050 g/mol. The smallest absolute Gasteiger partial charge is 0.303 e. The Bertz CT molecular complexity index is 2730. The minimum atomic E-state index is -1.82. The Morgan fingerprint density at radius 2 is 0.901 bits per heavy atom. The van der Waals surface area contributed by atoms with Gasteiger partial charge in [0.1, 0.15) is 48.0 Å². The topological polar surface area (TPSA) is 403 Å².